The van der Waals surface area contributed by atoms with Gasteiger partial charge in [-0.25, -0.2) is 0 Å². The molecule has 0 saturated heterocycles. The summed E-state index contributed by atoms with van der Waals surface area (Å²) in [6.45, 7) is 26.0. The monoisotopic (exact) mass is 935 g/mol. The van der Waals surface area contributed by atoms with Crippen LogP contribution in [0, 0.1) is 0 Å². The van der Waals surface area contributed by atoms with Crippen molar-refractivity contribution in [1.82, 2.24) is 29.2 Å². The van der Waals surface area contributed by atoms with Crippen LogP contribution in [-0.4, -0.2) is 92.9 Å². The lowest BCUT2D eigenvalue weighted by Gasteiger charge is -2.14. The van der Waals surface area contributed by atoms with Crippen LogP contribution in [0.1, 0.15) is 83.1 Å². The Balaban J connectivity index is -0.000000812. The predicted molar refractivity (Wildman–Crippen MR) is 311 cm³/mol. The van der Waals surface area contributed by atoms with Crippen LogP contribution in [0.15, 0.2) is 146 Å². The zero-order chi connectivity index (χ0) is 51.9. The minimum atomic E-state index is 0.958. The zero-order valence-electron chi connectivity index (χ0n) is 46.4. The highest BCUT2D eigenvalue weighted by Gasteiger charge is 2.10. The van der Waals surface area contributed by atoms with E-state index in [0.29, 0.717) is 0 Å². The van der Waals surface area contributed by atoms with Gasteiger partial charge in [-0.3, -0.25) is 14.7 Å². The molecule has 8 aromatic rings. The summed E-state index contributed by atoms with van der Waals surface area (Å²) in [6.07, 6.45) is 1.47. The first-order valence-electron chi connectivity index (χ1n) is 24.6. The highest BCUT2D eigenvalue weighted by Crippen LogP contribution is 2.33. The molecule has 0 amide bonds. The van der Waals surface area contributed by atoms with Crippen LogP contribution in [-0.2, 0) is 14.1 Å². The maximum atomic E-state index is 4.64. The first-order chi connectivity index (χ1) is 32.6. The molecule has 6 nitrogen and oxygen atoms in total. The van der Waals surface area contributed by atoms with Gasteiger partial charge in [0.2, 0.25) is 0 Å². The van der Waals surface area contributed by atoms with E-state index >= 15 is 0 Å². The van der Waals surface area contributed by atoms with E-state index in [1.165, 1.54) is 72.2 Å². The fourth-order valence-electron chi connectivity index (χ4n) is 6.82. The second-order valence-corrected chi connectivity index (χ2v) is 14.2. The van der Waals surface area contributed by atoms with E-state index in [0.717, 1.165) is 13.3 Å². The van der Waals surface area contributed by atoms with Gasteiger partial charge in [0.25, 0.3) is 0 Å². The van der Waals surface area contributed by atoms with Gasteiger partial charge in [-0.1, -0.05) is 204 Å². The van der Waals surface area contributed by atoms with Crippen LogP contribution in [0.25, 0.3) is 65.9 Å². The number of benzene rings is 6. The van der Waals surface area contributed by atoms with Crippen LogP contribution >= 0.6 is 11.6 Å². The molecule has 0 bridgehead atoms. The number of halogens is 1. The highest BCUT2D eigenvalue weighted by atomic mass is 35.5. The van der Waals surface area contributed by atoms with Gasteiger partial charge in [-0.2, -0.15) is 0 Å². The maximum Gasteiger partial charge on any atom is 0.0495 e. The molecule has 372 valence electrons. The Morgan fingerprint density at radius 1 is 0.358 bits per heavy atom. The van der Waals surface area contributed by atoms with Gasteiger partial charge < -0.3 is 14.5 Å². The normalized spacial score (nSPS) is 9.40. The number of fused-ring (bicyclic) bond motifs is 6. The lowest BCUT2D eigenvalue weighted by atomic mass is 10.0. The molecule has 8 rings (SSSR count). The summed E-state index contributed by atoms with van der Waals surface area (Å²) in [6, 6.07) is 51.7. The SMILES string of the molecule is CC.CC.CC.CC.CC.CC.CCl.CN(C)CN(C)C.CNCN(C)C.Cn1c2ccccc2c2ccc(-c3ccccc3)cc21.Cn1c2ccccc2c2ccc(-c3ccccc3)cc21. The maximum absolute atomic E-state index is 4.64. The lowest BCUT2D eigenvalue weighted by molar-refractivity contribution is 0.245. The van der Waals surface area contributed by atoms with Crippen molar-refractivity contribution in [2.75, 3.05) is 69.1 Å². The van der Waals surface area contributed by atoms with Crippen molar-refractivity contribution in [3.05, 3.63) is 146 Å². The molecular formula is C60H95ClN6. The molecule has 0 unspecified atom stereocenters. The van der Waals surface area contributed by atoms with Gasteiger partial charge >= 0.3 is 0 Å². The number of aromatic nitrogens is 2. The highest BCUT2D eigenvalue weighted by molar-refractivity contribution is 6.15. The van der Waals surface area contributed by atoms with Gasteiger partial charge in [0, 0.05) is 77.4 Å². The number of aryl methyl sites for hydroxylation is 2. The quantitative estimate of drug-likeness (QED) is 0.133. The summed E-state index contributed by atoms with van der Waals surface area (Å²) in [7, 11) is 18.5. The second kappa shape index (κ2) is 41.3. The molecule has 2 aromatic heterocycles. The number of hydrogen-bond acceptors (Lipinski definition) is 4. The van der Waals surface area contributed by atoms with Crippen molar-refractivity contribution >= 4 is 55.2 Å². The van der Waals surface area contributed by atoms with Crippen molar-refractivity contribution < 1.29 is 0 Å². The third-order valence-electron chi connectivity index (χ3n) is 9.08. The fraction of sp³-hybridized carbons (Fsp3) is 0.400. The van der Waals surface area contributed by atoms with Crippen LogP contribution in [0.3, 0.4) is 0 Å². The molecule has 6 aromatic carbocycles. The Hall–Kier alpha value is -4.95. The van der Waals surface area contributed by atoms with E-state index in [4.69, 9.17) is 0 Å². The molecule has 0 atom stereocenters. The fourth-order valence-corrected chi connectivity index (χ4v) is 6.82. The molecule has 0 saturated carbocycles. The van der Waals surface area contributed by atoms with Crippen LogP contribution < -0.4 is 5.32 Å². The van der Waals surface area contributed by atoms with Crippen molar-refractivity contribution in [2.45, 2.75) is 83.1 Å². The van der Waals surface area contributed by atoms with E-state index < -0.39 is 0 Å². The average Bonchev–Trinajstić information content (AvgIpc) is 3.85. The van der Waals surface area contributed by atoms with Gasteiger partial charge in [0.15, 0.2) is 0 Å². The third kappa shape index (κ3) is 22.1. The Morgan fingerprint density at radius 2 is 0.642 bits per heavy atom. The molecule has 67 heavy (non-hydrogen) atoms. The molecule has 2 heterocycles. The van der Waals surface area contributed by atoms with E-state index in [9.17, 15) is 0 Å². The van der Waals surface area contributed by atoms with Gasteiger partial charge in [0.05, 0.1) is 0 Å². The molecule has 1 N–H and O–H groups in total. The zero-order valence-corrected chi connectivity index (χ0v) is 47.1. The minimum Gasteiger partial charge on any atom is -0.344 e. The molecule has 0 spiro atoms. The first-order valence-corrected chi connectivity index (χ1v) is 25.4. The standard InChI is InChI=1S/2C19H15N.C5H14N2.C4H12N2.6C2H6.CH3Cl/c2*1-20-18-10-6-5-9-16(18)17-12-11-15(13-19(17)20)14-7-3-2-4-8-14;1-6(2)5-7(3)4;1-5-4-6(2)3;7*1-2/h2*2-13H,1H3;5H2,1-4H3;5H,4H2,1-3H3;6*1-2H3;1H3. The van der Waals surface area contributed by atoms with E-state index in [1.807, 2.05) is 104 Å². The summed E-state index contributed by atoms with van der Waals surface area (Å²) >= 11 is 4.64. The number of para-hydroxylation sites is 2. The first kappa shape index (κ1) is 66.3. The van der Waals surface area contributed by atoms with E-state index in [1.54, 1.807) is 0 Å². The number of hydrogen-bond donors (Lipinski definition) is 1. The summed E-state index contributed by atoms with van der Waals surface area (Å²) in [5.41, 5.74) is 10.2. The van der Waals surface area contributed by atoms with E-state index in [2.05, 4.69) is 229 Å². The van der Waals surface area contributed by atoms with Crippen LogP contribution in [0.4, 0.5) is 0 Å². The Morgan fingerprint density at radius 3 is 0.896 bits per heavy atom. The molecule has 0 aliphatic rings. The Kier molecular flexibility index (Phi) is 40.8. The minimum absolute atomic E-state index is 0.958. The van der Waals surface area contributed by atoms with Crippen molar-refractivity contribution in [1.29, 1.82) is 0 Å². The van der Waals surface area contributed by atoms with Gasteiger partial charge in [-0.05, 0) is 95.9 Å². The molecule has 0 aliphatic carbocycles. The summed E-state index contributed by atoms with van der Waals surface area (Å²) in [4.78, 5) is 6.32. The van der Waals surface area contributed by atoms with Gasteiger partial charge in [0.1, 0.15) is 0 Å². The number of nitrogens with zero attached hydrogens (tertiary/aromatic N) is 5. The molecule has 0 aliphatic heterocycles. The van der Waals surface area contributed by atoms with Crippen molar-refractivity contribution in [2.24, 2.45) is 14.1 Å². The number of rotatable bonds is 6. The Bertz CT molecular complexity index is 2180. The second-order valence-electron chi connectivity index (χ2n) is 14.2. The predicted octanol–water partition coefficient (Wildman–Crippen LogP) is 16.8. The van der Waals surface area contributed by atoms with Crippen LogP contribution in [0.5, 0.6) is 0 Å². The van der Waals surface area contributed by atoms with Crippen molar-refractivity contribution in [3.63, 3.8) is 0 Å². The summed E-state index contributed by atoms with van der Waals surface area (Å²) < 4.78 is 4.55. The Labute approximate surface area is 416 Å². The topological polar surface area (TPSA) is 31.6 Å². The smallest absolute Gasteiger partial charge is 0.0495 e. The average molecular weight is 936 g/mol. The van der Waals surface area contributed by atoms with Gasteiger partial charge in [-0.15, -0.1) is 11.6 Å². The number of nitrogens with one attached hydrogen (secondary N) is 1. The third-order valence-corrected chi connectivity index (χ3v) is 9.08. The van der Waals surface area contributed by atoms with E-state index in [-0.39, 0.29) is 0 Å². The molecule has 0 radical (unpaired) electrons. The molecular weight excluding hydrogens is 840 g/mol. The molecule has 7 heteroatoms. The summed E-state index contributed by atoms with van der Waals surface area (Å²) in [5, 5.41) is 8.28. The lowest BCUT2D eigenvalue weighted by Crippen LogP contribution is -2.26. The molecule has 0 fully saturated rings. The largest absolute Gasteiger partial charge is 0.344 e. The summed E-state index contributed by atoms with van der Waals surface area (Å²) in [5.74, 6) is 0. The number of alkyl halides is 1. The van der Waals surface area contributed by atoms with Crippen LogP contribution in [0.2, 0.25) is 0 Å². The van der Waals surface area contributed by atoms with Crippen molar-refractivity contribution in [3.8, 4) is 22.3 Å².